The van der Waals surface area contributed by atoms with Crippen LogP contribution in [0.3, 0.4) is 0 Å². The highest BCUT2D eigenvalue weighted by Crippen LogP contribution is 2.29. The molecular weight excluding hydrogens is 406 g/mol. The number of fused-ring (bicyclic) bond motifs is 1. The normalized spacial score (nSPS) is 17.6. The quantitative estimate of drug-likeness (QED) is 0.617. The van der Waals surface area contributed by atoms with Crippen LogP contribution in [0.15, 0.2) is 42.7 Å². The summed E-state index contributed by atoms with van der Waals surface area (Å²) in [5.41, 5.74) is 3.74. The number of benzene rings is 1. The van der Waals surface area contributed by atoms with E-state index in [9.17, 15) is 4.79 Å². The van der Waals surface area contributed by atoms with Crippen molar-refractivity contribution >= 4 is 22.6 Å². The number of amides is 1. The fourth-order valence-corrected chi connectivity index (χ4v) is 4.29. The fourth-order valence-electron chi connectivity index (χ4n) is 4.29. The lowest BCUT2D eigenvalue weighted by atomic mass is 10.0. The first-order chi connectivity index (χ1) is 15.8. The van der Waals surface area contributed by atoms with Gasteiger partial charge in [-0.2, -0.15) is 0 Å². The van der Waals surface area contributed by atoms with Crippen molar-refractivity contribution in [1.82, 2.24) is 20.2 Å². The van der Waals surface area contributed by atoms with Gasteiger partial charge in [-0.25, -0.2) is 4.98 Å². The molecule has 8 nitrogen and oxygen atoms in total. The van der Waals surface area contributed by atoms with E-state index in [2.05, 4.69) is 37.2 Å². The Morgan fingerprint density at radius 3 is 2.56 bits per heavy atom. The van der Waals surface area contributed by atoms with E-state index in [1.165, 1.54) is 0 Å². The predicted molar refractivity (Wildman–Crippen MR) is 124 cm³/mol. The molecular formula is C24H29N5O3. The number of hydrogen-bond donors (Lipinski definition) is 2. The summed E-state index contributed by atoms with van der Waals surface area (Å²) in [4.78, 5) is 25.1. The van der Waals surface area contributed by atoms with E-state index < -0.39 is 0 Å². The lowest BCUT2D eigenvalue weighted by molar-refractivity contribution is 0.0383. The van der Waals surface area contributed by atoms with Gasteiger partial charge in [-0.05, 0) is 24.3 Å². The summed E-state index contributed by atoms with van der Waals surface area (Å²) in [6.07, 6.45) is 3.90. The zero-order chi connectivity index (χ0) is 21.8. The third-order valence-electron chi connectivity index (χ3n) is 6.16. The van der Waals surface area contributed by atoms with Crippen molar-refractivity contribution in [1.29, 1.82) is 0 Å². The number of carbonyl (C=O) groups is 1. The molecule has 8 heteroatoms. The minimum absolute atomic E-state index is 0.0483. The Bertz CT molecular complexity index is 1050. The summed E-state index contributed by atoms with van der Waals surface area (Å²) >= 11 is 0. The van der Waals surface area contributed by atoms with Crippen LogP contribution in [0.4, 0.5) is 5.82 Å². The van der Waals surface area contributed by atoms with Gasteiger partial charge in [0.15, 0.2) is 0 Å². The van der Waals surface area contributed by atoms with Crippen molar-refractivity contribution in [2.45, 2.75) is 0 Å². The number of nitrogens with one attached hydrogen (secondary N) is 2. The number of ether oxygens (including phenoxy) is 2. The smallest absolute Gasteiger partial charge is 0.251 e. The summed E-state index contributed by atoms with van der Waals surface area (Å²) < 4.78 is 10.8. The van der Waals surface area contributed by atoms with Gasteiger partial charge in [0.1, 0.15) is 5.82 Å². The van der Waals surface area contributed by atoms with E-state index in [1.807, 2.05) is 30.6 Å². The molecule has 5 rings (SSSR count). The molecule has 2 aliphatic rings. The number of hydrogen-bond acceptors (Lipinski definition) is 6. The van der Waals surface area contributed by atoms with Crippen LogP contribution in [0.2, 0.25) is 0 Å². The molecule has 2 N–H and O–H groups in total. The van der Waals surface area contributed by atoms with Gasteiger partial charge in [0, 0.05) is 79.3 Å². The molecule has 0 saturated carbocycles. The highest BCUT2D eigenvalue weighted by Gasteiger charge is 2.15. The van der Waals surface area contributed by atoms with Gasteiger partial charge in [-0.15, -0.1) is 0 Å². The Morgan fingerprint density at radius 2 is 1.81 bits per heavy atom. The summed E-state index contributed by atoms with van der Waals surface area (Å²) in [7, 11) is 0. The standard InChI is InChI=1S/C24H29N5O3/c30-24(25-5-6-28-7-11-31-12-8-28)18-1-3-20-21(17-26-22(20)15-18)19-2-4-23(27-16-19)29-9-13-32-14-10-29/h1-4,15-17,26H,5-14H2,(H,25,30). The van der Waals surface area contributed by atoms with Gasteiger partial charge in [0.2, 0.25) is 0 Å². The number of rotatable bonds is 6. The maximum Gasteiger partial charge on any atom is 0.251 e. The minimum Gasteiger partial charge on any atom is -0.379 e. The molecule has 0 aliphatic carbocycles. The Balaban J connectivity index is 1.24. The molecule has 1 amide bonds. The maximum absolute atomic E-state index is 12.6. The van der Waals surface area contributed by atoms with E-state index >= 15 is 0 Å². The maximum atomic E-state index is 12.6. The molecule has 2 saturated heterocycles. The van der Waals surface area contributed by atoms with Gasteiger partial charge < -0.3 is 24.7 Å². The second-order valence-corrected chi connectivity index (χ2v) is 8.18. The molecule has 4 heterocycles. The number of aromatic amines is 1. The molecule has 2 aromatic heterocycles. The molecule has 0 radical (unpaired) electrons. The number of morpholine rings is 2. The van der Waals surface area contributed by atoms with E-state index in [1.54, 1.807) is 0 Å². The average molecular weight is 436 g/mol. The van der Waals surface area contributed by atoms with Crippen molar-refractivity contribution in [3.8, 4) is 11.1 Å². The lowest BCUT2D eigenvalue weighted by Crippen LogP contribution is -2.41. The van der Waals surface area contributed by atoms with Gasteiger partial charge >= 0.3 is 0 Å². The largest absolute Gasteiger partial charge is 0.379 e. The van der Waals surface area contributed by atoms with Crippen molar-refractivity contribution in [2.24, 2.45) is 0 Å². The summed E-state index contributed by atoms with van der Waals surface area (Å²) in [5, 5.41) is 4.11. The third-order valence-corrected chi connectivity index (χ3v) is 6.16. The molecule has 0 unspecified atom stereocenters. The predicted octanol–water partition coefficient (Wildman–Crippen LogP) is 2.13. The molecule has 1 aromatic carbocycles. The van der Waals surface area contributed by atoms with E-state index in [0.29, 0.717) is 12.1 Å². The number of anilines is 1. The van der Waals surface area contributed by atoms with Gasteiger partial charge in [-0.3, -0.25) is 9.69 Å². The molecule has 3 aromatic rings. The Labute approximate surface area is 187 Å². The lowest BCUT2D eigenvalue weighted by Gasteiger charge is -2.27. The average Bonchev–Trinajstić information content (AvgIpc) is 3.29. The van der Waals surface area contributed by atoms with E-state index in [0.717, 1.165) is 87.0 Å². The first kappa shape index (κ1) is 20.9. The fraction of sp³-hybridized carbons (Fsp3) is 0.417. The molecule has 0 spiro atoms. The molecule has 2 aliphatic heterocycles. The van der Waals surface area contributed by atoms with Crippen molar-refractivity contribution in [2.75, 3.05) is 70.6 Å². The van der Waals surface area contributed by atoms with Crippen LogP contribution in [0.25, 0.3) is 22.0 Å². The van der Waals surface area contributed by atoms with E-state index in [4.69, 9.17) is 9.47 Å². The van der Waals surface area contributed by atoms with Gasteiger partial charge in [-0.1, -0.05) is 6.07 Å². The van der Waals surface area contributed by atoms with Crippen molar-refractivity contribution in [3.05, 3.63) is 48.3 Å². The Hall–Kier alpha value is -2.94. The summed E-state index contributed by atoms with van der Waals surface area (Å²) in [6.45, 7) is 8.10. The third kappa shape index (κ3) is 4.62. The zero-order valence-corrected chi connectivity index (χ0v) is 18.2. The van der Waals surface area contributed by atoms with Crippen LogP contribution in [0, 0.1) is 0 Å². The number of pyridine rings is 1. The highest BCUT2D eigenvalue weighted by molar-refractivity contribution is 6.01. The highest BCUT2D eigenvalue weighted by atomic mass is 16.5. The Kier molecular flexibility index (Phi) is 6.34. The van der Waals surface area contributed by atoms with Crippen LogP contribution < -0.4 is 10.2 Å². The van der Waals surface area contributed by atoms with Crippen LogP contribution in [0.1, 0.15) is 10.4 Å². The number of aromatic nitrogens is 2. The second kappa shape index (κ2) is 9.68. The monoisotopic (exact) mass is 435 g/mol. The number of carbonyl (C=O) groups excluding carboxylic acids is 1. The summed E-state index contributed by atoms with van der Waals surface area (Å²) in [5.74, 6) is 0.931. The van der Waals surface area contributed by atoms with Crippen molar-refractivity contribution < 1.29 is 14.3 Å². The van der Waals surface area contributed by atoms with Crippen LogP contribution >= 0.6 is 0 Å². The minimum atomic E-state index is -0.0483. The molecule has 32 heavy (non-hydrogen) atoms. The van der Waals surface area contributed by atoms with Gasteiger partial charge in [0.05, 0.1) is 26.4 Å². The van der Waals surface area contributed by atoms with E-state index in [-0.39, 0.29) is 5.91 Å². The van der Waals surface area contributed by atoms with Crippen molar-refractivity contribution in [3.63, 3.8) is 0 Å². The van der Waals surface area contributed by atoms with Crippen LogP contribution in [-0.4, -0.2) is 86.5 Å². The molecule has 0 atom stereocenters. The zero-order valence-electron chi connectivity index (χ0n) is 18.2. The first-order valence-electron chi connectivity index (χ1n) is 11.3. The second-order valence-electron chi connectivity index (χ2n) is 8.18. The molecule has 2 fully saturated rings. The molecule has 0 bridgehead atoms. The van der Waals surface area contributed by atoms with Crippen LogP contribution in [0.5, 0.6) is 0 Å². The molecule has 168 valence electrons. The topological polar surface area (TPSA) is 82.7 Å². The van der Waals surface area contributed by atoms with Gasteiger partial charge in [0.25, 0.3) is 5.91 Å². The summed E-state index contributed by atoms with van der Waals surface area (Å²) in [6, 6.07) is 9.98. The Morgan fingerprint density at radius 1 is 1.03 bits per heavy atom. The number of H-pyrrole nitrogens is 1. The van der Waals surface area contributed by atoms with Crippen LogP contribution in [-0.2, 0) is 9.47 Å². The first-order valence-corrected chi connectivity index (χ1v) is 11.3. The SMILES string of the molecule is O=C(NCCN1CCOCC1)c1ccc2c(-c3ccc(N4CCOCC4)nc3)c[nH]c2c1. The number of nitrogens with zero attached hydrogens (tertiary/aromatic N) is 3.